The quantitative estimate of drug-likeness (QED) is 0.624. The van der Waals surface area contributed by atoms with E-state index in [4.69, 9.17) is 5.10 Å². The summed E-state index contributed by atoms with van der Waals surface area (Å²) in [5, 5.41) is 10.8. The number of imide groups is 1. The van der Waals surface area contributed by atoms with Gasteiger partial charge in [-0.2, -0.15) is 5.10 Å². The van der Waals surface area contributed by atoms with Gasteiger partial charge in [0.25, 0.3) is 11.8 Å². The van der Waals surface area contributed by atoms with Gasteiger partial charge >= 0.3 is 6.03 Å². The molecule has 8 heteroatoms. The zero-order chi connectivity index (χ0) is 22.5. The normalized spacial score (nSPS) is 21.6. The molecule has 1 atom stereocenters. The largest absolute Gasteiger partial charge is 0.338 e. The van der Waals surface area contributed by atoms with E-state index in [9.17, 15) is 14.4 Å². The van der Waals surface area contributed by atoms with Gasteiger partial charge in [-0.25, -0.2) is 4.79 Å². The lowest BCUT2D eigenvalue weighted by atomic mass is 9.91. The van der Waals surface area contributed by atoms with Crippen LogP contribution in [0, 0.1) is 6.92 Å². The maximum Gasteiger partial charge on any atom is 0.322 e. The van der Waals surface area contributed by atoms with Gasteiger partial charge in [0.1, 0.15) is 5.54 Å². The minimum absolute atomic E-state index is 0.0266. The summed E-state index contributed by atoms with van der Waals surface area (Å²) < 4.78 is 2.04. The van der Waals surface area contributed by atoms with Crippen LogP contribution in [-0.2, 0) is 10.3 Å². The molecule has 2 saturated heterocycles. The molecule has 2 aliphatic heterocycles. The minimum atomic E-state index is -1.12. The lowest BCUT2D eigenvalue weighted by molar-refractivity contribution is -0.123. The molecule has 32 heavy (non-hydrogen) atoms. The van der Waals surface area contributed by atoms with Crippen molar-refractivity contribution in [2.24, 2.45) is 0 Å². The first-order valence-corrected chi connectivity index (χ1v) is 10.8. The van der Waals surface area contributed by atoms with E-state index in [1.165, 1.54) is 5.56 Å². The Morgan fingerprint density at radius 1 is 1.09 bits per heavy atom. The Morgan fingerprint density at radius 2 is 1.81 bits per heavy atom. The molecule has 3 heterocycles. The number of amides is 4. The number of fused-ring (bicyclic) bond motifs is 1. The fourth-order valence-electron chi connectivity index (χ4n) is 4.56. The van der Waals surface area contributed by atoms with Crippen molar-refractivity contribution in [2.45, 2.75) is 38.3 Å². The highest BCUT2D eigenvalue weighted by Gasteiger charge is 2.43. The number of piperidine rings is 1. The van der Waals surface area contributed by atoms with Crippen LogP contribution in [0.5, 0.6) is 0 Å². The number of urea groups is 1. The molecule has 3 aromatic rings. The van der Waals surface area contributed by atoms with Crippen molar-refractivity contribution in [1.29, 1.82) is 0 Å². The Hall–Kier alpha value is -3.68. The molecule has 2 fully saturated rings. The fraction of sp³-hybridized carbons (Fsp3) is 0.333. The number of aryl methyl sites for hydroxylation is 1. The van der Waals surface area contributed by atoms with E-state index in [-0.39, 0.29) is 11.9 Å². The second-order valence-electron chi connectivity index (χ2n) is 8.81. The van der Waals surface area contributed by atoms with Crippen molar-refractivity contribution in [3.8, 4) is 0 Å². The molecule has 2 aromatic carbocycles. The molecule has 1 unspecified atom stereocenters. The third-order valence-electron chi connectivity index (χ3n) is 6.56. The lowest BCUT2D eigenvalue weighted by Crippen LogP contribution is -2.41. The molecule has 164 valence electrons. The summed E-state index contributed by atoms with van der Waals surface area (Å²) in [5.41, 5.74) is 2.30. The Bertz CT molecular complexity index is 1220. The van der Waals surface area contributed by atoms with Crippen LogP contribution in [0.1, 0.15) is 47.3 Å². The molecular weight excluding hydrogens is 406 g/mol. The molecule has 5 rings (SSSR count). The van der Waals surface area contributed by atoms with E-state index >= 15 is 0 Å². The maximum atomic E-state index is 13.0. The average Bonchev–Trinajstić information content (AvgIpc) is 3.33. The predicted octanol–water partition coefficient (Wildman–Crippen LogP) is 2.88. The SMILES string of the molecule is Cc1ccc2nn(C3CCN(C(=O)c4ccc(C5(C)NC(=O)NC5=O)cc4)CC3)cc2c1. The second-order valence-corrected chi connectivity index (χ2v) is 8.81. The third-order valence-corrected chi connectivity index (χ3v) is 6.56. The first-order chi connectivity index (χ1) is 15.3. The molecule has 0 bridgehead atoms. The molecule has 8 nitrogen and oxygen atoms in total. The van der Waals surface area contributed by atoms with Crippen LogP contribution < -0.4 is 10.6 Å². The van der Waals surface area contributed by atoms with Crippen LogP contribution in [-0.4, -0.2) is 45.6 Å². The van der Waals surface area contributed by atoms with Gasteiger partial charge in [-0.1, -0.05) is 23.8 Å². The molecular formula is C24H25N5O3. The van der Waals surface area contributed by atoms with Gasteiger partial charge in [0.15, 0.2) is 0 Å². The van der Waals surface area contributed by atoms with Crippen molar-refractivity contribution in [2.75, 3.05) is 13.1 Å². The number of aromatic nitrogens is 2. The summed E-state index contributed by atoms with van der Waals surface area (Å²) in [5.74, 6) is -0.425. The van der Waals surface area contributed by atoms with Crippen molar-refractivity contribution in [1.82, 2.24) is 25.3 Å². The van der Waals surface area contributed by atoms with Crippen LogP contribution >= 0.6 is 0 Å². The minimum Gasteiger partial charge on any atom is -0.338 e. The number of likely N-dealkylation sites (tertiary alicyclic amines) is 1. The van der Waals surface area contributed by atoms with Crippen LogP contribution in [0.15, 0.2) is 48.7 Å². The molecule has 2 aliphatic rings. The summed E-state index contributed by atoms with van der Waals surface area (Å²) in [6, 6.07) is 12.9. The van der Waals surface area contributed by atoms with E-state index in [0.717, 1.165) is 23.7 Å². The molecule has 0 saturated carbocycles. The Labute approximate surface area is 185 Å². The first-order valence-electron chi connectivity index (χ1n) is 10.8. The van der Waals surface area contributed by atoms with Crippen LogP contribution in [0.3, 0.4) is 0 Å². The number of carbonyl (C=O) groups excluding carboxylic acids is 3. The van der Waals surface area contributed by atoms with Crippen molar-refractivity contribution < 1.29 is 14.4 Å². The summed E-state index contributed by atoms with van der Waals surface area (Å²) in [4.78, 5) is 38.5. The lowest BCUT2D eigenvalue weighted by Gasteiger charge is -2.32. The van der Waals surface area contributed by atoms with E-state index in [1.54, 1.807) is 31.2 Å². The Kier molecular flexibility index (Phi) is 4.73. The van der Waals surface area contributed by atoms with Crippen molar-refractivity contribution >= 4 is 28.7 Å². The summed E-state index contributed by atoms with van der Waals surface area (Å²) in [7, 11) is 0. The standard InChI is InChI=1S/C24H25N5O3/c1-15-3-8-20-17(13-15)14-29(27-20)19-9-11-28(12-10-19)21(30)16-4-6-18(7-5-16)24(2)22(31)25-23(32)26-24/h3-8,13-14,19H,9-12H2,1-2H3,(H2,25,26,31,32). The number of nitrogens with zero attached hydrogens (tertiary/aromatic N) is 3. The topological polar surface area (TPSA) is 96.3 Å². The Morgan fingerprint density at radius 3 is 2.47 bits per heavy atom. The number of benzene rings is 2. The van der Waals surface area contributed by atoms with Gasteiger partial charge in [0, 0.05) is 30.2 Å². The molecule has 1 aromatic heterocycles. The molecule has 2 N–H and O–H groups in total. The Balaban J connectivity index is 1.25. The third kappa shape index (κ3) is 3.41. The maximum absolute atomic E-state index is 13.0. The molecule has 0 radical (unpaired) electrons. The molecule has 0 aliphatic carbocycles. The van der Waals surface area contributed by atoms with Gasteiger partial charge in [-0.05, 0) is 56.5 Å². The number of rotatable bonds is 3. The van der Waals surface area contributed by atoms with E-state index < -0.39 is 17.5 Å². The highest BCUT2D eigenvalue weighted by atomic mass is 16.2. The van der Waals surface area contributed by atoms with E-state index in [0.29, 0.717) is 24.2 Å². The highest BCUT2D eigenvalue weighted by molar-refractivity contribution is 6.07. The van der Waals surface area contributed by atoms with E-state index in [2.05, 4.69) is 35.9 Å². The summed E-state index contributed by atoms with van der Waals surface area (Å²) in [6.07, 6.45) is 3.80. The van der Waals surface area contributed by atoms with E-state index in [1.807, 2.05) is 15.6 Å². The number of hydrogen-bond donors (Lipinski definition) is 2. The number of hydrogen-bond acceptors (Lipinski definition) is 4. The summed E-state index contributed by atoms with van der Waals surface area (Å²) >= 11 is 0. The fourth-order valence-corrected chi connectivity index (χ4v) is 4.56. The second kappa shape index (κ2) is 7.47. The van der Waals surface area contributed by atoms with Crippen LogP contribution in [0.4, 0.5) is 4.79 Å². The molecule has 4 amide bonds. The average molecular weight is 431 g/mol. The van der Waals surface area contributed by atoms with Gasteiger partial charge in [-0.15, -0.1) is 0 Å². The zero-order valence-corrected chi connectivity index (χ0v) is 18.1. The monoisotopic (exact) mass is 431 g/mol. The molecule has 0 spiro atoms. The highest BCUT2D eigenvalue weighted by Crippen LogP contribution is 2.27. The number of carbonyl (C=O) groups is 3. The first kappa shape index (κ1) is 20.2. The number of nitrogens with one attached hydrogen (secondary N) is 2. The van der Waals surface area contributed by atoms with Crippen LogP contribution in [0.2, 0.25) is 0 Å². The van der Waals surface area contributed by atoms with Crippen LogP contribution in [0.25, 0.3) is 10.9 Å². The smallest absolute Gasteiger partial charge is 0.322 e. The van der Waals surface area contributed by atoms with Gasteiger partial charge in [-0.3, -0.25) is 19.6 Å². The van der Waals surface area contributed by atoms with Gasteiger partial charge in [0.05, 0.1) is 11.6 Å². The summed E-state index contributed by atoms with van der Waals surface area (Å²) in [6.45, 7) is 5.05. The van der Waals surface area contributed by atoms with Crippen molar-refractivity contribution in [3.05, 3.63) is 65.4 Å². The predicted molar refractivity (Wildman–Crippen MR) is 119 cm³/mol. The van der Waals surface area contributed by atoms with Gasteiger partial charge < -0.3 is 10.2 Å². The zero-order valence-electron chi connectivity index (χ0n) is 18.1. The van der Waals surface area contributed by atoms with Gasteiger partial charge in [0.2, 0.25) is 0 Å². The van der Waals surface area contributed by atoms with Crippen molar-refractivity contribution in [3.63, 3.8) is 0 Å².